The number of hydrogen-bond donors (Lipinski definition) is 3. The fourth-order valence-corrected chi connectivity index (χ4v) is 2.69. The summed E-state index contributed by atoms with van der Waals surface area (Å²) < 4.78 is 42.2. The number of carbonyl (C=O) groups excluding carboxylic acids is 1. The molecular weight excluding hydrogens is 395 g/mol. The van der Waals surface area contributed by atoms with Crippen LogP contribution < -0.4 is 15.4 Å². The molecule has 2 amide bonds. The largest absolute Gasteiger partial charge is 0.573 e. The first-order valence-electron chi connectivity index (χ1n) is 8.11. The molecule has 29 heavy (non-hydrogen) atoms. The molecule has 0 atom stereocenters. The van der Waals surface area contributed by atoms with Gasteiger partial charge in [-0.05, 0) is 30.3 Å². The zero-order valence-corrected chi connectivity index (χ0v) is 14.8. The van der Waals surface area contributed by atoms with Gasteiger partial charge in [0.25, 0.3) is 5.91 Å². The number of aromatic nitrogens is 3. The van der Waals surface area contributed by atoms with E-state index < -0.39 is 24.1 Å². The lowest BCUT2D eigenvalue weighted by atomic mass is 10.1. The van der Waals surface area contributed by atoms with Crippen molar-refractivity contribution in [2.75, 3.05) is 7.05 Å². The molecule has 0 saturated heterocycles. The fraction of sp³-hybridized carbons (Fsp3) is 0.176. The third-order valence-corrected chi connectivity index (χ3v) is 3.83. The number of benzene rings is 1. The molecule has 12 heteroatoms. The van der Waals surface area contributed by atoms with Crippen molar-refractivity contribution in [1.82, 2.24) is 25.4 Å². The Morgan fingerprint density at radius 2 is 1.90 bits per heavy atom. The lowest BCUT2D eigenvalue weighted by Gasteiger charge is -2.09. The van der Waals surface area contributed by atoms with Crippen molar-refractivity contribution < 1.29 is 32.6 Å². The number of rotatable bonds is 5. The number of fused-ring (bicyclic) bond motifs is 1. The number of nitrogens with one attached hydrogen (secondary N) is 2. The van der Waals surface area contributed by atoms with Crippen LogP contribution in [-0.4, -0.2) is 45.3 Å². The minimum Gasteiger partial charge on any atom is -0.465 e. The lowest BCUT2D eigenvalue weighted by Crippen LogP contribution is -2.21. The Balaban J connectivity index is 2.10. The minimum absolute atomic E-state index is 0.205. The van der Waals surface area contributed by atoms with Crippen LogP contribution in [0.15, 0.2) is 36.5 Å². The van der Waals surface area contributed by atoms with Crippen molar-refractivity contribution in [3.63, 3.8) is 0 Å². The highest BCUT2D eigenvalue weighted by Gasteiger charge is 2.31. The number of hydrogen-bond acceptors (Lipinski definition) is 5. The van der Waals surface area contributed by atoms with Crippen molar-refractivity contribution >= 4 is 23.0 Å². The summed E-state index contributed by atoms with van der Waals surface area (Å²) in [5.74, 6) is -0.841. The predicted octanol–water partition coefficient (Wildman–Crippen LogP) is 2.45. The number of pyridine rings is 1. The molecule has 9 nitrogen and oxygen atoms in total. The third-order valence-electron chi connectivity index (χ3n) is 3.83. The Kier molecular flexibility index (Phi) is 5.26. The van der Waals surface area contributed by atoms with Crippen molar-refractivity contribution in [1.29, 1.82) is 0 Å². The Bertz CT molecular complexity index is 1060. The molecule has 0 fully saturated rings. The summed E-state index contributed by atoms with van der Waals surface area (Å²) >= 11 is 0. The number of halogens is 3. The molecule has 0 aliphatic carbocycles. The summed E-state index contributed by atoms with van der Waals surface area (Å²) in [6, 6.07) is 6.33. The maximum atomic E-state index is 12.3. The van der Waals surface area contributed by atoms with Gasteiger partial charge in [0.2, 0.25) is 0 Å². The zero-order valence-electron chi connectivity index (χ0n) is 14.8. The number of nitrogens with zero attached hydrogens (tertiary/aromatic N) is 3. The lowest BCUT2D eigenvalue weighted by molar-refractivity contribution is -0.274. The Morgan fingerprint density at radius 1 is 1.21 bits per heavy atom. The second-order valence-corrected chi connectivity index (χ2v) is 5.70. The molecule has 0 radical (unpaired) electrons. The van der Waals surface area contributed by atoms with Crippen LogP contribution >= 0.6 is 0 Å². The second kappa shape index (κ2) is 7.66. The molecular formula is C17H14F3N5O4. The molecule has 2 heterocycles. The van der Waals surface area contributed by atoms with E-state index >= 15 is 0 Å². The Morgan fingerprint density at radius 3 is 2.48 bits per heavy atom. The van der Waals surface area contributed by atoms with E-state index in [1.165, 1.54) is 36.1 Å². The van der Waals surface area contributed by atoms with E-state index in [0.29, 0.717) is 11.1 Å². The van der Waals surface area contributed by atoms with Gasteiger partial charge in [0.15, 0.2) is 5.65 Å². The van der Waals surface area contributed by atoms with Gasteiger partial charge in [-0.25, -0.2) is 14.5 Å². The SMILES string of the molecule is CNC(=O)c1ccnc2c1c(CNC(=O)O)nn2-c1ccc(OC(F)(F)F)cc1. The number of ether oxygens (including phenoxy) is 1. The van der Waals surface area contributed by atoms with Crippen LogP contribution in [0.1, 0.15) is 16.1 Å². The van der Waals surface area contributed by atoms with Crippen LogP contribution in [0.2, 0.25) is 0 Å². The van der Waals surface area contributed by atoms with E-state index in [0.717, 1.165) is 12.1 Å². The standard InChI is InChI=1S/C17H14F3N5O4/c1-21-15(26)11-6-7-22-14-13(11)12(8-23-16(27)28)24-25(14)9-2-4-10(5-3-9)29-17(18,19)20/h2-7,23H,8H2,1H3,(H,21,26)(H,27,28). The van der Waals surface area contributed by atoms with E-state index in [9.17, 15) is 22.8 Å². The summed E-state index contributed by atoms with van der Waals surface area (Å²) in [5, 5.41) is 18.1. The normalized spacial score (nSPS) is 11.3. The van der Waals surface area contributed by atoms with E-state index in [2.05, 4.69) is 25.5 Å². The first kappa shape index (κ1) is 19.9. The first-order valence-corrected chi connectivity index (χ1v) is 8.11. The summed E-state index contributed by atoms with van der Waals surface area (Å²) in [6.45, 7) is -0.205. The molecule has 0 spiro atoms. The highest BCUT2D eigenvalue weighted by atomic mass is 19.4. The van der Waals surface area contributed by atoms with E-state index in [-0.39, 0.29) is 23.4 Å². The molecule has 3 aromatic rings. The average Bonchev–Trinajstić information content (AvgIpc) is 3.04. The van der Waals surface area contributed by atoms with E-state index in [1.807, 2.05) is 0 Å². The van der Waals surface area contributed by atoms with Crippen molar-refractivity contribution in [3.05, 3.63) is 47.8 Å². The van der Waals surface area contributed by atoms with Gasteiger partial charge in [-0.15, -0.1) is 13.2 Å². The predicted molar refractivity (Wildman–Crippen MR) is 93.8 cm³/mol. The zero-order chi connectivity index (χ0) is 21.2. The quantitative estimate of drug-likeness (QED) is 0.596. The van der Waals surface area contributed by atoms with Crippen LogP contribution in [0.5, 0.6) is 5.75 Å². The third kappa shape index (κ3) is 4.36. The van der Waals surface area contributed by atoms with Gasteiger partial charge in [-0.3, -0.25) is 4.79 Å². The molecule has 0 aliphatic rings. The van der Waals surface area contributed by atoms with Gasteiger partial charge in [0, 0.05) is 13.2 Å². The van der Waals surface area contributed by atoms with Crippen molar-refractivity contribution in [2.24, 2.45) is 0 Å². The monoisotopic (exact) mass is 409 g/mol. The molecule has 0 saturated carbocycles. The summed E-state index contributed by atoms with van der Waals surface area (Å²) in [4.78, 5) is 27.3. The van der Waals surface area contributed by atoms with Crippen LogP contribution in [0.4, 0.5) is 18.0 Å². The van der Waals surface area contributed by atoms with Crippen LogP contribution in [-0.2, 0) is 6.54 Å². The highest BCUT2D eigenvalue weighted by molar-refractivity contribution is 6.06. The van der Waals surface area contributed by atoms with E-state index in [1.54, 1.807) is 0 Å². The van der Waals surface area contributed by atoms with Gasteiger partial charge in [0.05, 0.1) is 28.9 Å². The van der Waals surface area contributed by atoms with Gasteiger partial charge in [0.1, 0.15) is 5.75 Å². The molecule has 152 valence electrons. The molecule has 0 bridgehead atoms. The van der Waals surface area contributed by atoms with Gasteiger partial charge in [-0.1, -0.05) is 0 Å². The van der Waals surface area contributed by atoms with Gasteiger partial charge >= 0.3 is 12.5 Å². The summed E-state index contributed by atoms with van der Waals surface area (Å²) in [5.41, 5.74) is 1.03. The van der Waals surface area contributed by atoms with Crippen molar-refractivity contribution in [2.45, 2.75) is 12.9 Å². The van der Waals surface area contributed by atoms with Crippen LogP contribution in [0, 0.1) is 0 Å². The fourth-order valence-electron chi connectivity index (χ4n) is 2.69. The molecule has 3 rings (SSSR count). The van der Waals surface area contributed by atoms with E-state index in [4.69, 9.17) is 5.11 Å². The molecule has 3 N–H and O–H groups in total. The molecule has 0 unspecified atom stereocenters. The van der Waals surface area contributed by atoms with Gasteiger partial charge < -0.3 is 20.5 Å². The Labute approximate surface area is 161 Å². The summed E-state index contributed by atoms with van der Waals surface area (Å²) in [6.07, 6.45) is -4.73. The summed E-state index contributed by atoms with van der Waals surface area (Å²) in [7, 11) is 1.44. The maximum absolute atomic E-state index is 12.3. The number of carboxylic acid groups (broad SMARTS) is 1. The molecule has 0 aliphatic heterocycles. The van der Waals surface area contributed by atoms with Crippen LogP contribution in [0.25, 0.3) is 16.7 Å². The van der Waals surface area contributed by atoms with Crippen LogP contribution in [0.3, 0.4) is 0 Å². The van der Waals surface area contributed by atoms with Gasteiger partial charge in [-0.2, -0.15) is 5.10 Å². The molecule has 2 aromatic heterocycles. The smallest absolute Gasteiger partial charge is 0.465 e. The maximum Gasteiger partial charge on any atom is 0.573 e. The second-order valence-electron chi connectivity index (χ2n) is 5.70. The Hall–Kier alpha value is -3.83. The number of carbonyl (C=O) groups is 2. The highest BCUT2D eigenvalue weighted by Crippen LogP contribution is 2.27. The molecule has 1 aromatic carbocycles. The number of amides is 2. The topological polar surface area (TPSA) is 118 Å². The van der Waals surface area contributed by atoms with Crippen molar-refractivity contribution in [3.8, 4) is 11.4 Å². The minimum atomic E-state index is -4.82. The first-order chi connectivity index (χ1) is 13.7. The average molecular weight is 409 g/mol. The number of alkyl halides is 3.